The normalized spacial score (nSPS) is 18.4. The van der Waals surface area contributed by atoms with Gasteiger partial charge in [-0.3, -0.25) is 4.79 Å². The van der Waals surface area contributed by atoms with E-state index in [4.69, 9.17) is 4.74 Å². The summed E-state index contributed by atoms with van der Waals surface area (Å²) in [7, 11) is -3.39. The summed E-state index contributed by atoms with van der Waals surface area (Å²) in [6, 6.07) is 5.82. The molecule has 0 bridgehead atoms. The zero-order chi connectivity index (χ0) is 16.2. The Kier molecular flexibility index (Phi) is 5.52. The Morgan fingerprint density at radius 2 is 2.05 bits per heavy atom. The molecule has 1 heterocycles. The van der Waals surface area contributed by atoms with E-state index >= 15 is 0 Å². The predicted molar refractivity (Wildman–Crippen MR) is 80.5 cm³/mol. The molecule has 5 nitrogen and oxygen atoms in total. The highest BCUT2D eigenvalue weighted by molar-refractivity contribution is 7.91. The number of sulfone groups is 1. The highest BCUT2D eigenvalue weighted by Crippen LogP contribution is 2.16. The Hall–Kier alpha value is -1.47. The number of carbonyl (C=O) groups excluding carboxylic acids is 1. The van der Waals surface area contributed by atoms with Crippen molar-refractivity contribution in [1.82, 2.24) is 4.90 Å². The van der Waals surface area contributed by atoms with Gasteiger partial charge in [0.25, 0.3) is 0 Å². The highest BCUT2D eigenvalue weighted by atomic mass is 32.2. The van der Waals surface area contributed by atoms with Crippen LogP contribution >= 0.6 is 0 Å². The minimum atomic E-state index is -3.39. The summed E-state index contributed by atoms with van der Waals surface area (Å²) < 4.78 is 41.2. The summed E-state index contributed by atoms with van der Waals surface area (Å²) in [5.41, 5.74) is 0.751. The number of hydrogen-bond donors (Lipinski definition) is 0. The molecule has 1 atom stereocenters. The zero-order valence-electron chi connectivity index (χ0n) is 12.5. The van der Waals surface area contributed by atoms with E-state index in [0.29, 0.717) is 13.2 Å². The van der Waals surface area contributed by atoms with Crippen LogP contribution in [0.25, 0.3) is 0 Å². The number of amides is 1. The van der Waals surface area contributed by atoms with Gasteiger partial charge in [-0.1, -0.05) is 12.1 Å². The van der Waals surface area contributed by atoms with Crippen molar-refractivity contribution in [2.75, 3.05) is 25.2 Å². The molecule has 1 fully saturated rings. The largest absolute Gasteiger partial charge is 0.376 e. The second-order valence-corrected chi connectivity index (χ2v) is 7.75. The lowest BCUT2D eigenvalue weighted by molar-refractivity contribution is -0.130. The smallest absolute Gasteiger partial charge is 0.238 e. The summed E-state index contributed by atoms with van der Waals surface area (Å²) in [6.45, 7) is 1.26. The number of benzene rings is 1. The fourth-order valence-electron chi connectivity index (χ4n) is 2.41. The second-order valence-electron chi connectivity index (χ2n) is 5.61. The molecule has 122 valence electrons. The fraction of sp³-hybridized carbons (Fsp3) is 0.533. The summed E-state index contributed by atoms with van der Waals surface area (Å²) in [4.78, 5) is 13.7. The number of ether oxygens (including phenoxy) is 1. The molecule has 1 aliphatic heterocycles. The van der Waals surface area contributed by atoms with E-state index in [9.17, 15) is 17.6 Å². The highest BCUT2D eigenvalue weighted by Gasteiger charge is 2.24. The van der Waals surface area contributed by atoms with E-state index in [2.05, 4.69) is 0 Å². The number of rotatable bonds is 6. The van der Waals surface area contributed by atoms with Crippen LogP contribution in [0.3, 0.4) is 0 Å². The topological polar surface area (TPSA) is 63.7 Å². The predicted octanol–water partition coefficient (Wildman–Crippen LogP) is 1.38. The van der Waals surface area contributed by atoms with Gasteiger partial charge in [0.2, 0.25) is 5.91 Å². The average Bonchev–Trinajstić information content (AvgIpc) is 2.91. The number of hydrogen-bond acceptors (Lipinski definition) is 4. The molecule has 1 aliphatic rings. The van der Waals surface area contributed by atoms with E-state index in [1.165, 1.54) is 17.0 Å². The van der Waals surface area contributed by atoms with Gasteiger partial charge >= 0.3 is 0 Å². The lowest BCUT2D eigenvalue weighted by Crippen LogP contribution is -2.40. The van der Waals surface area contributed by atoms with Crippen LogP contribution in [0.4, 0.5) is 4.39 Å². The van der Waals surface area contributed by atoms with E-state index in [-0.39, 0.29) is 18.5 Å². The molecular weight excluding hydrogens is 309 g/mol. The molecule has 0 radical (unpaired) electrons. The molecule has 0 N–H and O–H groups in total. The first-order chi connectivity index (χ1) is 10.3. The molecule has 1 aromatic rings. The maximum atomic E-state index is 13.0. The quantitative estimate of drug-likeness (QED) is 0.791. The average molecular weight is 329 g/mol. The van der Waals surface area contributed by atoms with Gasteiger partial charge in [-0.05, 0) is 30.5 Å². The standard InChI is InChI=1S/C15H20FNO4S/c1-22(19,20)11-15(18)17(10-14-3-2-8-21-14)9-12-4-6-13(16)7-5-12/h4-7,14H,2-3,8-11H2,1H3/t14-/m0/s1. The van der Waals surface area contributed by atoms with Gasteiger partial charge in [0.1, 0.15) is 11.6 Å². The van der Waals surface area contributed by atoms with Crippen molar-refractivity contribution >= 4 is 15.7 Å². The molecule has 7 heteroatoms. The van der Waals surface area contributed by atoms with Crippen LogP contribution in [0.1, 0.15) is 18.4 Å². The van der Waals surface area contributed by atoms with Crippen LogP contribution < -0.4 is 0 Å². The molecule has 0 aliphatic carbocycles. The van der Waals surface area contributed by atoms with E-state index in [1.807, 2.05) is 0 Å². The van der Waals surface area contributed by atoms with Crippen LogP contribution in [-0.2, 0) is 25.9 Å². The number of nitrogens with zero attached hydrogens (tertiary/aromatic N) is 1. The van der Waals surface area contributed by atoms with Gasteiger partial charge < -0.3 is 9.64 Å². The molecule has 0 spiro atoms. The van der Waals surface area contributed by atoms with Gasteiger partial charge in [-0.25, -0.2) is 12.8 Å². The maximum Gasteiger partial charge on any atom is 0.238 e. The lowest BCUT2D eigenvalue weighted by atomic mass is 10.2. The molecule has 0 aromatic heterocycles. The third kappa shape index (κ3) is 5.38. The molecule has 1 amide bonds. The van der Waals surface area contributed by atoms with Crippen LogP contribution in [0, 0.1) is 5.82 Å². The second kappa shape index (κ2) is 7.19. The zero-order valence-corrected chi connectivity index (χ0v) is 13.3. The van der Waals surface area contributed by atoms with Crippen molar-refractivity contribution in [2.24, 2.45) is 0 Å². The van der Waals surface area contributed by atoms with Gasteiger partial charge in [-0.15, -0.1) is 0 Å². The molecule has 0 saturated carbocycles. The molecule has 1 saturated heterocycles. The van der Waals surface area contributed by atoms with Crippen LogP contribution in [0.5, 0.6) is 0 Å². The first-order valence-electron chi connectivity index (χ1n) is 7.15. The summed E-state index contributed by atoms with van der Waals surface area (Å²) in [6.07, 6.45) is 2.76. The SMILES string of the molecule is CS(=O)(=O)CC(=O)N(Cc1ccc(F)cc1)C[C@@H]1CCCO1. The van der Waals surface area contributed by atoms with Crippen LogP contribution in [-0.4, -0.2) is 50.5 Å². The van der Waals surface area contributed by atoms with Crippen molar-refractivity contribution in [3.8, 4) is 0 Å². The number of carbonyl (C=O) groups is 1. The van der Waals surface area contributed by atoms with Crippen molar-refractivity contribution in [1.29, 1.82) is 0 Å². The Balaban J connectivity index is 2.09. The van der Waals surface area contributed by atoms with Crippen molar-refractivity contribution < 1.29 is 22.3 Å². The number of halogens is 1. The first-order valence-corrected chi connectivity index (χ1v) is 9.21. The van der Waals surface area contributed by atoms with Crippen molar-refractivity contribution in [3.63, 3.8) is 0 Å². The summed E-state index contributed by atoms with van der Waals surface area (Å²) in [5.74, 6) is -1.33. The molecule has 1 aromatic carbocycles. The summed E-state index contributed by atoms with van der Waals surface area (Å²) >= 11 is 0. The Labute approximate surface area is 130 Å². The Bertz CT molecular complexity index is 609. The third-order valence-electron chi connectivity index (χ3n) is 3.47. The fourth-order valence-corrected chi connectivity index (χ4v) is 3.05. The monoisotopic (exact) mass is 329 g/mol. The van der Waals surface area contributed by atoms with E-state index < -0.39 is 21.5 Å². The summed E-state index contributed by atoms with van der Waals surface area (Å²) in [5, 5.41) is 0. The maximum absolute atomic E-state index is 13.0. The van der Waals surface area contributed by atoms with Crippen molar-refractivity contribution in [2.45, 2.75) is 25.5 Å². The van der Waals surface area contributed by atoms with Gasteiger partial charge in [0, 0.05) is 26.0 Å². The van der Waals surface area contributed by atoms with Gasteiger partial charge in [0.05, 0.1) is 6.10 Å². The van der Waals surface area contributed by atoms with Gasteiger partial charge in [-0.2, -0.15) is 0 Å². The van der Waals surface area contributed by atoms with E-state index in [0.717, 1.165) is 24.7 Å². The molecule has 2 rings (SSSR count). The van der Waals surface area contributed by atoms with Crippen LogP contribution in [0.15, 0.2) is 24.3 Å². The minimum absolute atomic E-state index is 0.0658. The minimum Gasteiger partial charge on any atom is -0.376 e. The Morgan fingerprint density at radius 1 is 1.36 bits per heavy atom. The Morgan fingerprint density at radius 3 is 2.59 bits per heavy atom. The van der Waals surface area contributed by atoms with Crippen LogP contribution in [0.2, 0.25) is 0 Å². The molecule has 22 heavy (non-hydrogen) atoms. The molecular formula is C15H20FNO4S. The first kappa shape index (κ1) is 16.9. The van der Waals surface area contributed by atoms with Gasteiger partial charge in [0.15, 0.2) is 9.84 Å². The van der Waals surface area contributed by atoms with Crippen molar-refractivity contribution in [3.05, 3.63) is 35.6 Å². The van der Waals surface area contributed by atoms with E-state index in [1.54, 1.807) is 12.1 Å². The molecule has 0 unspecified atom stereocenters. The third-order valence-corrected chi connectivity index (χ3v) is 4.24. The lowest BCUT2D eigenvalue weighted by Gasteiger charge is -2.25.